The van der Waals surface area contributed by atoms with Crippen LogP contribution in [-0.2, 0) is 6.67 Å². The van der Waals surface area contributed by atoms with Crippen LogP contribution in [0.2, 0.25) is 0 Å². The van der Waals surface area contributed by atoms with E-state index in [1.165, 1.54) is 22.2 Å². The molecule has 0 N–H and O–H groups in total. The first kappa shape index (κ1) is 14.3. The van der Waals surface area contributed by atoms with Gasteiger partial charge in [0.1, 0.15) is 0 Å². The maximum Gasteiger partial charge on any atom is 0.0937 e. The second kappa shape index (κ2) is 6.05. The molecule has 1 aromatic heterocycles. The summed E-state index contributed by atoms with van der Waals surface area (Å²) in [6, 6.07) is 17.1. The molecule has 1 saturated heterocycles. The van der Waals surface area contributed by atoms with Gasteiger partial charge in [-0.15, -0.1) is 0 Å². The van der Waals surface area contributed by atoms with E-state index in [4.69, 9.17) is 0 Å². The number of aromatic nitrogens is 2. The summed E-state index contributed by atoms with van der Waals surface area (Å²) in [5.41, 5.74) is 3.95. The van der Waals surface area contributed by atoms with Crippen molar-refractivity contribution in [3.05, 3.63) is 60.3 Å². The van der Waals surface area contributed by atoms with Crippen LogP contribution in [0.5, 0.6) is 0 Å². The summed E-state index contributed by atoms with van der Waals surface area (Å²) in [5, 5.41) is 5.76. The number of para-hydroxylation sites is 2. The third-order valence-corrected chi connectivity index (χ3v) is 4.71. The molecule has 0 saturated carbocycles. The summed E-state index contributed by atoms with van der Waals surface area (Å²) >= 11 is 0. The van der Waals surface area contributed by atoms with E-state index >= 15 is 0 Å². The number of fused-ring (bicyclic) bond motifs is 1. The maximum absolute atomic E-state index is 4.54. The van der Waals surface area contributed by atoms with Gasteiger partial charge in [0.15, 0.2) is 0 Å². The number of anilines is 1. The number of piperazine rings is 1. The van der Waals surface area contributed by atoms with Crippen LogP contribution in [0.4, 0.5) is 5.69 Å². The third kappa shape index (κ3) is 2.82. The average molecular weight is 306 g/mol. The van der Waals surface area contributed by atoms with Crippen molar-refractivity contribution in [2.75, 3.05) is 31.1 Å². The molecule has 0 spiro atoms. The summed E-state index contributed by atoms with van der Waals surface area (Å²) in [7, 11) is 0. The minimum Gasteiger partial charge on any atom is -0.369 e. The van der Waals surface area contributed by atoms with E-state index in [9.17, 15) is 0 Å². The van der Waals surface area contributed by atoms with E-state index in [1.807, 2.05) is 6.20 Å². The van der Waals surface area contributed by atoms with E-state index in [2.05, 4.69) is 75.0 Å². The van der Waals surface area contributed by atoms with Gasteiger partial charge in [-0.3, -0.25) is 9.58 Å². The standard InChI is InChI=1S/C19H22N4/c1-16-6-2-4-8-18(16)22-12-10-21(11-13-22)15-23-19-9-5-3-7-17(19)14-20-23/h2-9,14H,10-13,15H2,1H3. The molecule has 3 aromatic rings. The number of hydrogen-bond acceptors (Lipinski definition) is 3. The molecule has 1 fully saturated rings. The van der Waals surface area contributed by atoms with Gasteiger partial charge in [-0.25, -0.2) is 0 Å². The molecule has 0 radical (unpaired) electrons. The van der Waals surface area contributed by atoms with Crippen molar-refractivity contribution in [3.8, 4) is 0 Å². The van der Waals surface area contributed by atoms with Crippen LogP contribution < -0.4 is 4.90 Å². The van der Waals surface area contributed by atoms with Crippen molar-refractivity contribution in [1.82, 2.24) is 14.7 Å². The van der Waals surface area contributed by atoms with Crippen molar-refractivity contribution >= 4 is 16.6 Å². The Morgan fingerprint density at radius 1 is 0.913 bits per heavy atom. The first-order valence-corrected chi connectivity index (χ1v) is 8.25. The minimum atomic E-state index is 0.870. The summed E-state index contributed by atoms with van der Waals surface area (Å²) < 4.78 is 2.11. The molecule has 1 aliphatic rings. The zero-order valence-corrected chi connectivity index (χ0v) is 13.5. The van der Waals surface area contributed by atoms with Crippen molar-refractivity contribution in [2.24, 2.45) is 0 Å². The van der Waals surface area contributed by atoms with Crippen LogP contribution in [0.1, 0.15) is 5.56 Å². The maximum atomic E-state index is 4.54. The molecule has 4 heteroatoms. The molecule has 2 aromatic carbocycles. The Labute approximate surface area is 136 Å². The van der Waals surface area contributed by atoms with Gasteiger partial charge in [0.2, 0.25) is 0 Å². The summed E-state index contributed by atoms with van der Waals surface area (Å²) in [4.78, 5) is 4.97. The molecule has 0 bridgehead atoms. The molecule has 0 unspecified atom stereocenters. The van der Waals surface area contributed by atoms with E-state index in [0.29, 0.717) is 0 Å². The smallest absolute Gasteiger partial charge is 0.0937 e. The Kier molecular flexibility index (Phi) is 3.75. The Morgan fingerprint density at radius 3 is 2.48 bits per heavy atom. The van der Waals surface area contributed by atoms with Gasteiger partial charge < -0.3 is 4.90 Å². The van der Waals surface area contributed by atoms with Crippen molar-refractivity contribution < 1.29 is 0 Å². The fourth-order valence-electron chi connectivity index (χ4n) is 3.38. The van der Waals surface area contributed by atoms with Crippen molar-refractivity contribution in [2.45, 2.75) is 13.6 Å². The largest absolute Gasteiger partial charge is 0.369 e. The Morgan fingerprint density at radius 2 is 1.65 bits per heavy atom. The van der Waals surface area contributed by atoms with Crippen LogP contribution in [0.25, 0.3) is 10.9 Å². The monoisotopic (exact) mass is 306 g/mol. The zero-order chi connectivity index (χ0) is 15.6. The van der Waals surface area contributed by atoms with Crippen LogP contribution >= 0.6 is 0 Å². The van der Waals surface area contributed by atoms with Gasteiger partial charge in [0.25, 0.3) is 0 Å². The predicted molar refractivity (Wildman–Crippen MR) is 94.7 cm³/mol. The molecule has 23 heavy (non-hydrogen) atoms. The summed E-state index contributed by atoms with van der Waals surface area (Å²) in [6.07, 6.45) is 1.96. The highest BCUT2D eigenvalue weighted by atomic mass is 15.4. The first-order chi connectivity index (χ1) is 11.3. The highest BCUT2D eigenvalue weighted by Gasteiger charge is 2.18. The second-order valence-corrected chi connectivity index (χ2v) is 6.24. The first-order valence-electron chi connectivity index (χ1n) is 8.25. The predicted octanol–water partition coefficient (Wildman–Crippen LogP) is 3.12. The topological polar surface area (TPSA) is 24.3 Å². The fourth-order valence-corrected chi connectivity index (χ4v) is 3.38. The fraction of sp³-hybridized carbons (Fsp3) is 0.316. The lowest BCUT2D eigenvalue weighted by molar-refractivity contribution is 0.199. The van der Waals surface area contributed by atoms with Crippen LogP contribution in [0.3, 0.4) is 0 Å². The SMILES string of the molecule is Cc1ccccc1N1CCN(Cn2ncc3ccccc32)CC1. The van der Waals surface area contributed by atoms with E-state index in [1.54, 1.807) is 0 Å². The Bertz CT molecular complexity index is 800. The molecule has 0 atom stereocenters. The lowest BCUT2D eigenvalue weighted by Crippen LogP contribution is -2.47. The molecule has 4 nitrogen and oxygen atoms in total. The molecule has 0 aliphatic carbocycles. The highest BCUT2D eigenvalue weighted by molar-refractivity contribution is 5.78. The van der Waals surface area contributed by atoms with E-state index < -0.39 is 0 Å². The molecular weight excluding hydrogens is 284 g/mol. The van der Waals surface area contributed by atoms with E-state index in [0.717, 1.165) is 32.8 Å². The third-order valence-electron chi connectivity index (χ3n) is 4.71. The van der Waals surface area contributed by atoms with Crippen LogP contribution in [0, 0.1) is 6.92 Å². The highest BCUT2D eigenvalue weighted by Crippen LogP contribution is 2.21. The molecule has 2 heterocycles. The van der Waals surface area contributed by atoms with E-state index in [-0.39, 0.29) is 0 Å². The number of hydrogen-bond donors (Lipinski definition) is 0. The van der Waals surface area contributed by atoms with Gasteiger partial charge in [-0.1, -0.05) is 36.4 Å². The number of nitrogens with zero attached hydrogens (tertiary/aromatic N) is 4. The van der Waals surface area contributed by atoms with Gasteiger partial charge in [0, 0.05) is 37.3 Å². The zero-order valence-electron chi connectivity index (χ0n) is 13.5. The normalized spacial score (nSPS) is 16.1. The average Bonchev–Trinajstić information content (AvgIpc) is 2.99. The summed E-state index contributed by atoms with van der Waals surface area (Å²) in [5.74, 6) is 0. The quantitative estimate of drug-likeness (QED) is 0.743. The van der Waals surface area contributed by atoms with Gasteiger partial charge in [-0.2, -0.15) is 5.10 Å². The number of benzene rings is 2. The lowest BCUT2D eigenvalue weighted by Gasteiger charge is -2.36. The number of rotatable bonds is 3. The van der Waals surface area contributed by atoms with Crippen LogP contribution in [0.15, 0.2) is 54.7 Å². The minimum absolute atomic E-state index is 0.870. The van der Waals surface area contributed by atoms with Crippen LogP contribution in [-0.4, -0.2) is 40.9 Å². The van der Waals surface area contributed by atoms with Gasteiger partial charge in [0.05, 0.1) is 18.4 Å². The van der Waals surface area contributed by atoms with Crippen molar-refractivity contribution in [3.63, 3.8) is 0 Å². The summed E-state index contributed by atoms with van der Waals surface area (Å²) in [6.45, 7) is 7.35. The number of aryl methyl sites for hydroxylation is 1. The van der Waals surface area contributed by atoms with Crippen molar-refractivity contribution in [1.29, 1.82) is 0 Å². The Hall–Kier alpha value is -2.33. The molecule has 1 aliphatic heterocycles. The lowest BCUT2D eigenvalue weighted by atomic mass is 10.1. The Balaban J connectivity index is 1.43. The molecule has 0 amide bonds. The van der Waals surface area contributed by atoms with Gasteiger partial charge >= 0.3 is 0 Å². The molecular formula is C19H22N4. The molecule has 118 valence electrons. The van der Waals surface area contributed by atoms with Gasteiger partial charge in [-0.05, 0) is 24.6 Å². The second-order valence-electron chi connectivity index (χ2n) is 6.24. The molecule has 4 rings (SSSR count).